The highest BCUT2D eigenvalue weighted by molar-refractivity contribution is 9.10. The Kier molecular flexibility index (Phi) is 3.16. The lowest BCUT2D eigenvalue weighted by Crippen LogP contribution is -1.96. The van der Waals surface area contributed by atoms with Gasteiger partial charge >= 0.3 is 0 Å². The van der Waals surface area contributed by atoms with Crippen molar-refractivity contribution in [2.45, 2.75) is 12.8 Å². The van der Waals surface area contributed by atoms with Gasteiger partial charge in [-0.15, -0.1) is 11.3 Å². The zero-order valence-corrected chi connectivity index (χ0v) is 13.6. The number of carbonyl (C=O) groups is 1. The van der Waals surface area contributed by atoms with E-state index in [0.29, 0.717) is 5.78 Å². The Labute approximate surface area is 135 Å². The quantitative estimate of drug-likeness (QED) is 0.593. The minimum atomic E-state index is 0.276. The summed E-state index contributed by atoms with van der Waals surface area (Å²) in [6.07, 6.45) is 3.92. The number of halogens is 1. The summed E-state index contributed by atoms with van der Waals surface area (Å²) < 4.78 is 0.975. The summed E-state index contributed by atoms with van der Waals surface area (Å²) in [6.45, 7) is 0. The largest absolute Gasteiger partial charge is 0.293 e. The van der Waals surface area contributed by atoms with E-state index in [2.05, 4.69) is 39.1 Å². The maximum Gasteiger partial charge on any atom is 0.175 e. The molecule has 3 aromatic rings. The van der Waals surface area contributed by atoms with E-state index in [0.717, 1.165) is 43.5 Å². The summed E-state index contributed by atoms with van der Waals surface area (Å²) in [5.74, 6) is 0.584. The fourth-order valence-corrected chi connectivity index (χ4v) is 3.89. The van der Waals surface area contributed by atoms with E-state index >= 15 is 0 Å². The number of Topliss-reactive ketones (excluding diaryl/α,β-unsaturated/α-hetero) is 1. The van der Waals surface area contributed by atoms with Crippen molar-refractivity contribution >= 4 is 44.0 Å². The molecule has 0 aliphatic heterocycles. The molecule has 21 heavy (non-hydrogen) atoms. The van der Waals surface area contributed by atoms with Crippen LogP contribution in [-0.2, 0) is 0 Å². The maximum atomic E-state index is 12.1. The van der Waals surface area contributed by atoms with Crippen molar-refractivity contribution in [1.82, 2.24) is 4.98 Å². The molecule has 1 aliphatic carbocycles. The molecule has 0 amide bonds. The second-order valence-corrected chi connectivity index (χ2v) is 7.33. The third-order valence-electron chi connectivity index (χ3n) is 3.74. The molecule has 0 N–H and O–H groups in total. The second kappa shape index (κ2) is 5.04. The molecule has 1 saturated carbocycles. The van der Waals surface area contributed by atoms with Crippen LogP contribution in [0.25, 0.3) is 21.3 Å². The zero-order valence-electron chi connectivity index (χ0n) is 11.2. The van der Waals surface area contributed by atoms with Crippen LogP contribution in [0.4, 0.5) is 0 Å². The fraction of sp³-hybridized carbons (Fsp3) is 0.176. The third-order valence-corrected chi connectivity index (χ3v) is 5.31. The molecule has 4 heteroatoms. The number of nitrogens with zero attached hydrogens (tertiary/aromatic N) is 1. The van der Waals surface area contributed by atoms with E-state index in [-0.39, 0.29) is 5.92 Å². The molecule has 0 unspecified atom stereocenters. The van der Waals surface area contributed by atoms with Crippen LogP contribution in [0, 0.1) is 5.92 Å². The topological polar surface area (TPSA) is 30.0 Å². The summed E-state index contributed by atoms with van der Waals surface area (Å²) in [5, 5.41) is 1.10. The molecule has 2 nitrogen and oxygen atoms in total. The SMILES string of the molecule is O=C(c1ccc(-c2cccc3cc(Br)cnc23)s1)C1CC1. The molecule has 0 radical (unpaired) electrons. The number of para-hydroxylation sites is 1. The van der Waals surface area contributed by atoms with Crippen molar-refractivity contribution in [2.24, 2.45) is 5.92 Å². The van der Waals surface area contributed by atoms with Crippen molar-refractivity contribution < 1.29 is 4.79 Å². The zero-order chi connectivity index (χ0) is 14.4. The Hall–Kier alpha value is -1.52. The first-order valence-corrected chi connectivity index (χ1v) is 8.52. The van der Waals surface area contributed by atoms with E-state index in [1.165, 1.54) is 0 Å². The van der Waals surface area contributed by atoms with Crippen molar-refractivity contribution in [2.75, 3.05) is 0 Å². The molecule has 1 aromatic carbocycles. The van der Waals surface area contributed by atoms with Gasteiger partial charge in [0.05, 0.1) is 10.4 Å². The summed E-state index contributed by atoms with van der Waals surface area (Å²) in [7, 11) is 0. The first-order chi connectivity index (χ1) is 10.2. The van der Waals surface area contributed by atoms with Crippen LogP contribution in [0.3, 0.4) is 0 Å². The standard InChI is InChI=1S/C17H12BrNOS/c18-12-8-11-2-1-3-13(16(11)19-9-12)14-6-7-15(21-14)17(20)10-4-5-10/h1-3,6-10H,4-5H2. The van der Waals surface area contributed by atoms with Gasteiger partial charge in [-0.25, -0.2) is 0 Å². The molecule has 2 aromatic heterocycles. The number of hydrogen-bond acceptors (Lipinski definition) is 3. The van der Waals surface area contributed by atoms with Gasteiger partial charge in [-0.2, -0.15) is 0 Å². The number of fused-ring (bicyclic) bond motifs is 1. The first-order valence-electron chi connectivity index (χ1n) is 6.91. The Morgan fingerprint density at radius 3 is 2.90 bits per heavy atom. The summed E-state index contributed by atoms with van der Waals surface area (Å²) >= 11 is 5.03. The Bertz CT molecular complexity index is 851. The van der Waals surface area contributed by atoms with Gasteiger partial charge in [0.25, 0.3) is 0 Å². The lowest BCUT2D eigenvalue weighted by Gasteiger charge is -2.04. The number of hydrogen-bond donors (Lipinski definition) is 0. The first kappa shape index (κ1) is 13.2. The molecular formula is C17H12BrNOS. The van der Waals surface area contributed by atoms with Crippen LogP contribution in [0.5, 0.6) is 0 Å². The number of aromatic nitrogens is 1. The van der Waals surface area contributed by atoms with E-state index in [4.69, 9.17) is 0 Å². The van der Waals surface area contributed by atoms with E-state index in [1.54, 1.807) is 11.3 Å². The summed E-state index contributed by atoms with van der Waals surface area (Å²) in [4.78, 5) is 18.7. The monoisotopic (exact) mass is 357 g/mol. The van der Waals surface area contributed by atoms with Gasteiger partial charge in [-0.3, -0.25) is 9.78 Å². The minimum Gasteiger partial charge on any atom is -0.293 e. The lowest BCUT2D eigenvalue weighted by molar-refractivity contribution is 0.0971. The summed E-state index contributed by atoms with van der Waals surface area (Å²) in [5.41, 5.74) is 2.08. The normalized spacial score (nSPS) is 14.5. The maximum absolute atomic E-state index is 12.1. The van der Waals surface area contributed by atoms with Gasteiger partial charge in [-0.1, -0.05) is 18.2 Å². The molecular weight excluding hydrogens is 346 g/mol. The van der Waals surface area contributed by atoms with Crippen LogP contribution in [-0.4, -0.2) is 10.8 Å². The van der Waals surface area contributed by atoms with Crippen molar-refractivity contribution in [3.8, 4) is 10.4 Å². The number of thiophene rings is 1. The number of carbonyl (C=O) groups excluding carboxylic acids is 1. The van der Waals surface area contributed by atoms with Crippen molar-refractivity contribution in [3.63, 3.8) is 0 Å². The Morgan fingerprint density at radius 2 is 2.10 bits per heavy atom. The smallest absolute Gasteiger partial charge is 0.175 e. The average Bonchev–Trinajstić information content (AvgIpc) is 3.23. The van der Waals surface area contributed by atoms with Gasteiger partial charge in [0.2, 0.25) is 0 Å². The highest BCUT2D eigenvalue weighted by Gasteiger charge is 2.31. The molecule has 1 fully saturated rings. The van der Waals surface area contributed by atoms with Crippen LogP contribution >= 0.6 is 27.3 Å². The molecule has 1 aliphatic rings. The number of benzene rings is 1. The number of ketones is 1. The molecule has 104 valence electrons. The number of pyridine rings is 1. The van der Waals surface area contributed by atoms with Crippen molar-refractivity contribution in [3.05, 3.63) is 51.9 Å². The molecule has 0 bridgehead atoms. The van der Waals surface area contributed by atoms with Gasteiger partial charge < -0.3 is 0 Å². The van der Waals surface area contributed by atoms with Gasteiger partial charge in [0, 0.05) is 32.4 Å². The molecule has 0 saturated heterocycles. The Balaban J connectivity index is 1.81. The highest BCUT2D eigenvalue weighted by Crippen LogP contribution is 2.38. The van der Waals surface area contributed by atoms with Crippen LogP contribution in [0.2, 0.25) is 0 Å². The second-order valence-electron chi connectivity index (χ2n) is 5.33. The van der Waals surface area contributed by atoms with Gasteiger partial charge in [0.15, 0.2) is 5.78 Å². The van der Waals surface area contributed by atoms with Crippen LogP contribution < -0.4 is 0 Å². The molecule has 0 spiro atoms. The Morgan fingerprint density at radius 1 is 1.24 bits per heavy atom. The highest BCUT2D eigenvalue weighted by atomic mass is 79.9. The van der Waals surface area contributed by atoms with E-state index in [1.807, 2.05) is 24.4 Å². The molecule has 4 rings (SSSR count). The lowest BCUT2D eigenvalue weighted by atomic mass is 10.1. The predicted molar refractivity (Wildman–Crippen MR) is 89.8 cm³/mol. The third kappa shape index (κ3) is 2.43. The average molecular weight is 358 g/mol. The fourth-order valence-electron chi connectivity index (χ4n) is 2.49. The predicted octanol–water partition coefficient (Wildman–Crippen LogP) is 5.32. The van der Waals surface area contributed by atoms with Crippen LogP contribution in [0.15, 0.2) is 47.1 Å². The van der Waals surface area contributed by atoms with Gasteiger partial charge in [0.1, 0.15) is 0 Å². The summed E-state index contributed by atoms with van der Waals surface area (Å²) in [6, 6.07) is 12.2. The molecule has 0 atom stereocenters. The number of rotatable bonds is 3. The van der Waals surface area contributed by atoms with Gasteiger partial charge in [-0.05, 0) is 47.0 Å². The van der Waals surface area contributed by atoms with Crippen LogP contribution in [0.1, 0.15) is 22.5 Å². The molecule has 2 heterocycles. The van der Waals surface area contributed by atoms with E-state index < -0.39 is 0 Å². The van der Waals surface area contributed by atoms with Crippen molar-refractivity contribution in [1.29, 1.82) is 0 Å². The van der Waals surface area contributed by atoms with E-state index in [9.17, 15) is 4.79 Å². The minimum absolute atomic E-state index is 0.276.